The monoisotopic (exact) mass is 425 g/mol. The van der Waals surface area contributed by atoms with Gasteiger partial charge in [0.25, 0.3) is 5.91 Å². The number of carbonyl (C=O) groups is 1. The third-order valence-electron chi connectivity index (χ3n) is 5.57. The number of carbonyl (C=O) groups excluding carboxylic acids is 1. The normalized spacial score (nSPS) is 22.2. The number of methoxy groups -OCH3 is 1. The van der Waals surface area contributed by atoms with E-state index >= 15 is 0 Å². The van der Waals surface area contributed by atoms with Crippen molar-refractivity contribution in [3.63, 3.8) is 0 Å². The number of anilines is 1. The van der Waals surface area contributed by atoms with Gasteiger partial charge in [0, 0.05) is 27.2 Å². The van der Waals surface area contributed by atoms with E-state index in [4.69, 9.17) is 32.7 Å². The Kier molecular flexibility index (Phi) is 4.41. The summed E-state index contributed by atoms with van der Waals surface area (Å²) in [6.07, 6.45) is -0.536. The molecule has 0 saturated carbocycles. The summed E-state index contributed by atoms with van der Waals surface area (Å²) in [5.41, 5.74) is 2.83. The number of halogens is 2. The van der Waals surface area contributed by atoms with Gasteiger partial charge in [0.15, 0.2) is 6.10 Å². The third-order valence-corrected chi connectivity index (χ3v) is 6.06. The van der Waals surface area contributed by atoms with Crippen LogP contribution in [-0.2, 0) is 4.79 Å². The molecule has 0 unspecified atom stereocenters. The minimum absolute atomic E-state index is 0.0558. The number of nitrogens with zero attached hydrogens (tertiary/aromatic N) is 1. The number of amides is 1. The Balaban J connectivity index is 1.62. The second-order valence-corrected chi connectivity index (χ2v) is 8.02. The molecular weight excluding hydrogens is 409 g/mol. The number of hydrogen-bond acceptors (Lipinski definition) is 3. The quantitative estimate of drug-likeness (QED) is 0.533. The summed E-state index contributed by atoms with van der Waals surface area (Å²) >= 11 is 12.4. The van der Waals surface area contributed by atoms with Crippen molar-refractivity contribution in [2.24, 2.45) is 0 Å². The van der Waals surface area contributed by atoms with Gasteiger partial charge in [-0.1, -0.05) is 35.3 Å². The van der Waals surface area contributed by atoms with Crippen molar-refractivity contribution >= 4 is 34.8 Å². The molecule has 4 nitrogen and oxygen atoms in total. The van der Waals surface area contributed by atoms with Gasteiger partial charge < -0.3 is 14.4 Å². The van der Waals surface area contributed by atoms with Gasteiger partial charge in [0.05, 0.1) is 13.2 Å². The van der Waals surface area contributed by atoms with Crippen LogP contribution in [0.25, 0.3) is 0 Å². The smallest absolute Gasteiger partial charge is 0.270 e. The summed E-state index contributed by atoms with van der Waals surface area (Å²) in [7, 11) is 1.62. The molecule has 1 fully saturated rings. The van der Waals surface area contributed by atoms with E-state index < -0.39 is 6.10 Å². The Morgan fingerprint density at radius 2 is 1.62 bits per heavy atom. The van der Waals surface area contributed by atoms with E-state index in [1.165, 1.54) is 0 Å². The zero-order valence-electron chi connectivity index (χ0n) is 15.5. The average Bonchev–Trinajstić information content (AvgIpc) is 2.74. The Labute approximate surface area is 178 Å². The lowest BCUT2D eigenvalue weighted by Crippen LogP contribution is -2.71. The summed E-state index contributed by atoms with van der Waals surface area (Å²) < 4.78 is 11.3. The predicted octanol–water partition coefficient (Wildman–Crippen LogP) is 5.31. The molecule has 146 valence electrons. The molecule has 0 spiro atoms. The molecule has 0 N–H and O–H groups in total. The summed E-state index contributed by atoms with van der Waals surface area (Å²) in [5.74, 6) is 1.29. The maximum absolute atomic E-state index is 13.0. The van der Waals surface area contributed by atoms with E-state index in [-0.39, 0.29) is 17.9 Å². The number of β-lactam (4-membered cyclic amide) rings is 1. The van der Waals surface area contributed by atoms with Gasteiger partial charge in [-0.05, 0) is 60.2 Å². The molecule has 1 saturated heterocycles. The first-order valence-corrected chi connectivity index (χ1v) is 10.0. The number of fused-ring (bicyclic) bond motifs is 2. The first-order chi connectivity index (χ1) is 14.1. The Hall–Kier alpha value is -2.69. The summed E-state index contributed by atoms with van der Waals surface area (Å²) in [6.45, 7) is 0. The number of benzene rings is 3. The maximum atomic E-state index is 13.0. The van der Waals surface area contributed by atoms with Crippen LogP contribution in [0.5, 0.6) is 11.5 Å². The lowest BCUT2D eigenvalue weighted by Gasteiger charge is -2.53. The van der Waals surface area contributed by atoms with Gasteiger partial charge >= 0.3 is 0 Å². The molecule has 1 amide bonds. The molecule has 3 aromatic rings. The number of ether oxygens (including phenoxy) is 2. The van der Waals surface area contributed by atoms with Crippen molar-refractivity contribution in [2.45, 2.75) is 18.1 Å². The van der Waals surface area contributed by atoms with Gasteiger partial charge in [-0.2, -0.15) is 0 Å². The fraction of sp³-hybridized carbons (Fsp3) is 0.174. The molecular formula is C23H17Cl2NO3. The fourth-order valence-electron chi connectivity index (χ4n) is 4.21. The molecule has 29 heavy (non-hydrogen) atoms. The zero-order chi connectivity index (χ0) is 20.1. The highest BCUT2D eigenvalue weighted by molar-refractivity contribution is 6.31. The summed E-state index contributed by atoms with van der Waals surface area (Å²) in [5, 5.41) is 1.30. The standard InChI is InChI=1S/C23H17Cl2NO3/c1-28-17-9-7-16(8-10-17)26-21-20(13-2-4-14(24)5-3-13)18-12-15(25)6-11-19(18)29-22(21)23(26)27/h2-12,20-22H,1H3/t20-,21+,22-/m1/s1. The minimum Gasteiger partial charge on any atom is -0.497 e. The van der Waals surface area contributed by atoms with Crippen molar-refractivity contribution in [3.8, 4) is 11.5 Å². The lowest BCUT2D eigenvalue weighted by atomic mass is 9.75. The van der Waals surface area contributed by atoms with E-state index in [0.717, 1.165) is 22.6 Å². The highest BCUT2D eigenvalue weighted by Gasteiger charge is 2.57. The molecule has 2 aliphatic rings. The Morgan fingerprint density at radius 1 is 0.931 bits per heavy atom. The largest absolute Gasteiger partial charge is 0.497 e. The Bertz CT molecular complexity index is 1080. The second kappa shape index (κ2) is 6.97. The predicted molar refractivity (Wildman–Crippen MR) is 113 cm³/mol. The van der Waals surface area contributed by atoms with Crippen LogP contribution < -0.4 is 14.4 Å². The molecule has 6 heteroatoms. The molecule has 3 aromatic carbocycles. The van der Waals surface area contributed by atoms with Crippen molar-refractivity contribution in [1.29, 1.82) is 0 Å². The summed E-state index contributed by atoms with van der Waals surface area (Å²) in [6, 6.07) is 20.5. The van der Waals surface area contributed by atoms with Gasteiger partial charge in [-0.25, -0.2) is 0 Å². The number of rotatable bonds is 3. The van der Waals surface area contributed by atoms with Crippen LogP contribution in [0.4, 0.5) is 5.69 Å². The van der Waals surface area contributed by atoms with E-state index in [9.17, 15) is 4.79 Å². The first kappa shape index (κ1) is 18.3. The van der Waals surface area contributed by atoms with Crippen molar-refractivity contribution < 1.29 is 14.3 Å². The van der Waals surface area contributed by atoms with E-state index in [0.29, 0.717) is 15.8 Å². The van der Waals surface area contributed by atoms with Crippen LogP contribution in [0.1, 0.15) is 17.0 Å². The molecule has 2 aliphatic heterocycles. The van der Waals surface area contributed by atoms with Crippen LogP contribution in [0.2, 0.25) is 10.0 Å². The number of hydrogen-bond donors (Lipinski definition) is 0. The lowest BCUT2D eigenvalue weighted by molar-refractivity contribution is -0.136. The van der Waals surface area contributed by atoms with Gasteiger partial charge in [-0.3, -0.25) is 4.79 Å². The molecule has 5 rings (SSSR count). The third kappa shape index (κ3) is 2.95. The van der Waals surface area contributed by atoms with Crippen LogP contribution in [0, 0.1) is 0 Å². The average molecular weight is 426 g/mol. The molecule has 0 aliphatic carbocycles. The van der Waals surface area contributed by atoms with Crippen molar-refractivity contribution in [2.75, 3.05) is 12.0 Å². The van der Waals surface area contributed by atoms with Crippen molar-refractivity contribution in [1.82, 2.24) is 0 Å². The van der Waals surface area contributed by atoms with Crippen LogP contribution in [-0.4, -0.2) is 25.2 Å². The van der Waals surface area contributed by atoms with E-state index in [1.54, 1.807) is 18.1 Å². The molecule has 2 heterocycles. The topological polar surface area (TPSA) is 38.8 Å². The van der Waals surface area contributed by atoms with E-state index in [1.807, 2.05) is 60.7 Å². The molecule has 3 atom stereocenters. The fourth-order valence-corrected chi connectivity index (χ4v) is 4.51. The van der Waals surface area contributed by atoms with Crippen LogP contribution in [0.15, 0.2) is 66.7 Å². The second-order valence-electron chi connectivity index (χ2n) is 7.15. The maximum Gasteiger partial charge on any atom is 0.270 e. The van der Waals surface area contributed by atoms with Crippen molar-refractivity contribution in [3.05, 3.63) is 87.9 Å². The minimum atomic E-state index is -0.536. The Morgan fingerprint density at radius 3 is 2.31 bits per heavy atom. The molecule has 0 radical (unpaired) electrons. The van der Waals surface area contributed by atoms with Crippen LogP contribution >= 0.6 is 23.2 Å². The summed E-state index contributed by atoms with van der Waals surface area (Å²) in [4.78, 5) is 14.8. The highest BCUT2D eigenvalue weighted by Crippen LogP contribution is 2.49. The molecule has 0 aromatic heterocycles. The first-order valence-electron chi connectivity index (χ1n) is 9.25. The van der Waals surface area contributed by atoms with E-state index in [2.05, 4.69) is 0 Å². The van der Waals surface area contributed by atoms with Crippen LogP contribution in [0.3, 0.4) is 0 Å². The van der Waals surface area contributed by atoms with Gasteiger partial charge in [-0.15, -0.1) is 0 Å². The SMILES string of the molecule is COc1ccc(N2C(=O)[C@@H]3Oc4ccc(Cl)cc4[C@@H](c4ccc(Cl)cc4)[C@@H]32)cc1. The molecule has 0 bridgehead atoms. The highest BCUT2D eigenvalue weighted by atomic mass is 35.5. The van der Waals surface area contributed by atoms with Gasteiger partial charge in [0.2, 0.25) is 0 Å². The zero-order valence-corrected chi connectivity index (χ0v) is 17.0. The van der Waals surface area contributed by atoms with Gasteiger partial charge in [0.1, 0.15) is 11.5 Å².